The van der Waals surface area contributed by atoms with E-state index in [1.807, 2.05) is 6.07 Å². The van der Waals surface area contributed by atoms with Crippen molar-refractivity contribution in [1.29, 1.82) is 0 Å². The van der Waals surface area contributed by atoms with Crippen molar-refractivity contribution in [3.63, 3.8) is 0 Å². The normalized spacial score (nSPS) is 10.9. The van der Waals surface area contributed by atoms with E-state index in [1.165, 1.54) is 16.0 Å². The first kappa shape index (κ1) is 15.8. The van der Waals surface area contributed by atoms with Gasteiger partial charge in [-0.25, -0.2) is 0 Å². The molecule has 0 bridgehead atoms. The van der Waals surface area contributed by atoms with E-state index in [2.05, 4.69) is 63.2 Å². The Bertz CT molecular complexity index is 599. The van der Waals surface area contributed by atoms with Crippen molar-refractivity contribution < 1.29 is 4.79 Å². The molecule has 0 saturated carbocycles. The molecule has 0 saturated heterocycles. The smallest absolute Gasteiger partial charge is 0.147 e. The van der Waals surface area contributed by atoms with Gasteiger partial charge in [0.15, 0.2) is 0 Å². The fourth-order valence-electron chi connectivity index (χ4n) is 2.17. The highest BCUT2D eigenvalue weighted by molar-refractivity contribution is 8.00. The predicted molar refractivity (Wildman–Crippen MR) is 91.1 cm³/mol. The first-order valence-electron chi connectivity index (χ1n) is 7.34. The van der Waals surface area contributed by atoms with Gasteiger partial charge >= 0.3 is 0 Å². The van der Waals surface area contributed by atoms with Crippen molar-refractivity contribution in [1.82, 2.24) is 0 Å². The van der Waals surface area contributed by atoms with Crippen LogP contribution in [0.3, 0.4) is 0 Å². The largest absolute Gasteiger partial charge is 0.298 e. The minimum Gasteiger partial charge on any atom is -0.298 e. The van der Waals surface area contributed by atoms with E-state index < -0.39 is 0 Å². The molecule has 2 aromatic rings. The lowest BCUT2D eigenvalue weighted by Gasteiger charge is -2.07. The molecule has 0 atom stereocenters. The minimum absolute atomic E-state index is 0.277. The van der Waals surface area contributed by atoms with Crippen molar-refractivity contribution >= 4 is 17.5 Å². The van der Waals surface area contributed by atoms with Crippen molar-refractivity contribution in [2.24, 2.45) is 0 Å². The van der Waals surface area contributed by atoms with E-state index in [0.717, 1.165) is 5.56 Å². The maximum absolute atomic E-state index is 12.1. The van der Waals surface area contributed by atoms with Crippen LogP contribution in [0.5, 0.6) is 0 Å². The van der Waals surface area contributed by atoms with Gasteiger partial charge in [0.2, 0.25) is 0 Å². The summed E-state index contributed by atoms with van der Waals surface area (Å²) in [6.07, 6.45) is 0.525. The molecule has 0 fully saturated rings. The monoisotopic (exact) mass is 298 g/mol. The Morgan fingerprint density at radius 3 is 2.43 bits per heavy atom. The number of thioether (sulfide) groups is 1. The predicted octanol–water partition coefficient (Wildman–Crippen LogP) is 5.02. The summed E-state index contributed by atoms with van der Waals surface area (Å²) in [5, 5.41) is 0. The molecule has 0 heterocycles. The fourth-order valence-corrected chi connectivity index (χ4v) is 3.04. The number of hydrogen-bond donors (Lipinski definition) is 0. The van der Waals surface area contributed by atoms with Crippen molar-refractivity contribution in [3.05, 3.63) is 65.2 Å². The molecule has 0 aromatic heterocycles. The minimum atomic E-state index is 0.277. The lowest BCUT2D eigenvalue weighted by atomic mass is 10.0. The maximum atomic E-state index is 12.1. The van der Waals surface area contributed by atoms with Crippen LogP contribution in [0, 0.1) is 6.92 Å². The number of benzene rings is 2. The molecule has 1 nitrogen and oxygen atoms in total. The van der Waals surface area contributed by atoms with Crippen LogP contribution < -0.4 is 0 Å². The molecule has 0 aliphatic rings. The van der Waals surface area contributed by atoms with Crippen LogP contribution in [0.15, 0.2) is 53.4 Å². The van der Waals surface area contributed by atoms with Gasteiger partial charge in [-0.1, -0.05) is 55.8 Å². The summed E-state index contributed by atoms with van der Waals surface area (Å²) in [5.74, 6) is 1.35. The molecule has 0 amide bonds. The quantitative estimate of drug-likeness (QED) is 0.696. The first-order chi connectivity index (χ1) is 10.0. The Balaban J connectivity index is 1.87. The van der Waals surface area contributed by atoms with E-state index in [-0.39, 0.29) is 5.78 Å². The summed E-state index contributed by atoms with van der Waals surface area (Å²) in [4.78, 5) is 13.2. The summed E-state index contributed by atoms with van der Waals surface area (Å²) < 4.78 is 0. The number of carbonyl (C=O) groups is 1. The van der Waals surface area contributed by atoms with Gasteiger partial charge < -0.3 is 0 Å². The van der Waals surface area contributed by atoms with Crippen LogP contribution in [-0.2, 0) is 11.2 Å². The van der Waals surface area contributed by atoms with Crippen molar-refractivity contribution in [2.75, 3.05) is 5.75 Å². The molecule has 2 aromatic carbocycles. The van der Waals surface area contributed by atoms with E-state index >= 15 is 0 Å². The van der Waals surface area contributed by atoms with Gasteiger partial charge in [-0.05, 0) is 36.1 Å². The lowest BCUT2D eigenvalue weighted by molar-refractivity contribution is -0.116. The number of carbonyl (C=O) groups excluding carboxylic acids is 1. The summed E-state index contributed by atoms with van der Waals surface area (Å²) in [5.41, 5.74) is 3.66. The second-order valence-electron chi connectivity index (χ2n) is 5.72. The summed E-state index contributed by atoms with van der Waals surface area (Å²) in [7, 11) is 0. The molecule has 0 N–H and O–H groups in total. The van der Waals surface area contributed by atoms with E-state index in [0.29, 0.717) is 18.1 Å². The zero-order valence-electron chi connectivity index (χ0n) is 12.9. The van der Waals surface area contributed by atoms with Crippen LogP contribution in [-0.4, -0.2) is 11.5 Å². The molecule has 2 heteroatoms. The Kier molecular flexibility index (Phi) is 5.63. The van der Waals surface area contributed by atoms with Crippen molar-refractivity contribution in [3.8, 4) is 0 Å². The number of Topliss-reactive ketones (excluding diaryl/α,β-unsaturated/α-hetero) is 1. The van der Waals surface area contributed by atoms with E-state index in [9.17, 15) is 4.79 Å². The molecule has 21 heavy (non-hydrogen) atoms. The highest BCUT2D eigenvalue weighted by Gasteiger charge is 2.06. The highest BCUT2D eigenvalue weighted by atomic mass is 32.2. The molecule has 2 rings (SSSR count). The average molecular weight is 298 g/mol. The van der Waals surface area contributed by atoms with Gasteiger partial charge in [0.25, 0.3) is 0 Å². The van der Waals surface area contributed by atoms with Crippen LogP contribution in [0.4, 0.5) is 0 Å². The Morgan fingerprint density at radius 1 is 1.10 bits per heavy atom. The topological polar surface area (TPSA) is 17.1 Å². The lowest BCUT2D eigenvalue weighted by Crippen LogP contribution is -2.05. The maximum Gasteiger partial charge on any atom is 0.147 e. The molecule has 110 valence electrons. The van der Waals surface area contributed by atoms with Crippen LogP contribution in [0.1, 0.15) is 36.5 Å². The number of ketones is 1. The number of rotatable bonds is 6. The molecule has 0 radical (unpaired) electrons. The van der Waals surface area contributed by atoms with Gasteiger partial charge in [-0.3, -0.25) is 4.79 Å². The van der Waals surface area contributed by atoms with E-state index in [4.69, 9.17) is 0 Å². The zero-order valence-corrected chi connectivity index (χ0v) is 13.7. The molecule has 0 unspecified atom stereocenters. The molecular formula is C19H22OS. The third kappa shape index (κ3) is 5.05. The third-order valence-electron chi connectivity index (χ3n) is 3.44. The molecular weight excluding hydrogens is 276 g/mol. The summed E-state index contributed by atoms with van der Waals surface area (Å²) in [6, 6.07) is 16.7. The molecule has 0 aliphatic carbocycles. The van der Waals surface area contributed by atoms with E-state index in [1.54, 1.807) is 11.8 Å². The highest BCUT2D eigenvalue weighted by Crippen LogP contribution is 2.20. The van der Waals surface area contributed by atoms with Gasteiger partial charge in [-0.2, -0.15) is 0 Å². The Morgan fingerprint density at radius 2 is 1.81 bits per heavy atom. The first-order valence-corrected chi connectivity index (χ1v) is 8.33. The van der Waals surface area contributed by atoms with Crippen LogP contribution in [0.2, 0.25) is 0 Å². The Hall–Kier alpha value is -1.54. The van der Waals surface area contributed by atoms with Gasteiger partial charge in [0.05, 0.1) is 5.75 Å². The third-order valence-corrected chi connectivity index (χ3v) is 4.49. The van der Waals surface area contributed by atoms with Crippen LogP contribution in [0.25, 0.3) is 0 Å². The molecule has 0 aliphatic heterocycles. The average Bonchev–Trinajstić information content (AvgIpc) is 2.46. The second kappa shape index (κ2) is 7.46. The fraction of sp³-hybridized carbons (Fsp3) is 0.316. The van der Waals surface area contributed by atoms with Gasteiger partial charge in [0, 0.05) is 11.3 Å². The van der Waals surface area contributed by atoms with Crippen LogP contribution >= 0.6 is 11.8 Å². The summed E-state index contributed by atoms with van der Waals surface area (Å²) in [6.45, 7) is 6.43. The summed E-state index contributed by atoms with van der Waals surface area (Å²) >= 11 is 1.62. The molecule has 0 spiro atoms. The number of hydrogen-bond acceptors (Lipinski definition) is 2. The Labute approximate surface area is 131 Å². The van der Waals surface area contributed by atoms with Gasteiger partial charge in [-0.15, -0.1) is 11.8 Å². The standard InChI is InChI=1S/C19H22OS/c1-14(2)17-9-7-16(8-10-17)12-18(20)13-21-19-6-4-5-15(3)11-19/h4-11,14H,12-13H2,1-3H3. The second-order valence-corrected chi connectivity index (χ2v) is 6.77. The SMILES string of the molecule is Cc1cccc(SCC(=O)Cc2ccc(C(C)C)cc2)c1. The van der Waals surface area contributed by atoms with Gasteiger partial charge in [0.1, 0.15) is 5.78 Å². The zero-order chi connectivity index (χ0) is 15.2. The number of aryl methyl sites for hydroxylation is 1. The van der Waals surface area contributed by atoms with Crippen molar-refractivity contribution in [2.45, 2.75) is 38.0 Å².